The summed E-state index contributed by atoms with van der Waals surface area (Å²) in [6, 6.07) is 12.1. The van der Waals surface area contributed by atoms with Gasteiger partial charge in [0.25, 0.3) is 11.8 Å². The van der Waals surface area contributed by atoms with Crippen LogP contribution in [0.2, 0.25) is 0 Å². The first kappa shape index (κ1) is 50.3. The van der Waals surface area contributed by atoms with E-state index >= 15 is 0 Å². The molecule has 0 unspecified atom stereocenters. The summed E-state index contributed by atoms with van der Waals surface area (Å²) in [4.78, 5) is 29.3. The number of carbonyl (C=O) groups excluding carboxylic acids is 2. The molecule has 58 heavy (non-hydrogen) atoms. The average molecular weight is 1380 g/mol. The summed E-state index contributed by atoms with van der Waals surface area (Å²) in [5.74, 6) is -10.6. The zero-order valence-corrected chi connectivity index (χ0v) is 41.6. The smallest absolute Gasteiger partial charge is 0.257 e. The van der Waals surface area contributed by atoms with Crippen LogP contribution in [0.4, 0.5) is 26.3 Å². The van der Waals surface area contributed by atoms with E-state index in [0.717, 1.165) is 62.4 Å². The van der Waals surface area contributed by atoms with Crippen LogP contribution in [0, 0.1) is 34.9 Å². The van der Waals surface area contributed by atoms with Gasteiger partial charge in [0, 0.05) is 49.3 Å². The van der Waals surface area contributed by atoms with Crippen molar-refractivity contribution in [2.75, 3.05) is 45.9 Å². The Balaban J connectivity index is 0.000000242. The third-order valence-electron chi connectivity index (χ3n) is 10.8. The molecule has 7 rings (SSSR count). The summed E-state index contributed by atoms with van der Waals surface area (Å²) in [7, 11) is 0. The number of carbonyl (C=O) groups is 2. The second-order valence-electron chi connectivity index (χ2n) is 14.4. The molecule has 4 heterocycles. The molecule has 3 atom stereocenters. The molecule has 20 heteroatoms. The van der Waals surface area contributed by atoms with Crippen LogP contribution in [0.5, 0.6) is 0 Å². The van der Waals surface area contributed by atoms with Crippen LogP contribution < -0.4 is 18.6 Å². The van der Waals surface area contributed by atoms with Gasteiger partial charge in [-0.15, -0.1) is 0 Å². The van der Waals surface area contributed by atoms with Crippen LogP contribution in [-0.2, 0) is 0 Å². The number of nitrogens with zero attached hydrogens (tertiary/aromatic N) is 3. The first-order valence-corrected chi connectivity index (χ1v) is 37.0. The molecule has 4 N–H and O–H groups in total. The fraction of sp³-hybridized carbons (Fsp3) is 0.474. The molecule has 2 amide bonds. The van der Waals surface area contributed by atoms with Crippen molar-refractivity contribution in [3.63, 3.8) is 0 Å². The van der Waals surface area contributed by atoms with Gasteiger partial charge in [-0.25, -0.2) is 26.3 Å². The number of hydrogen-bond donors (Lipinski definition) is 4. The number of aliphatic hydroxyl groups excluding tert-OH is 1. The number of benzene rings is 3. The van der Waals surface area contributed by atoms with E-state index in [9.17, 15) is 51.3 Å². The SMILES string of the molecule is II.I[I-]I.O=C(c1ccc(F)c(F)c1F)N1CC(O)([C@@H]2CCCCN2)C1.O=C(c1ccc(F)c(F)c1F)N1CC(O)([C@@H]2CCCCN2[C@H](CO)c2ccccc2)C1. The average Bonchev–Trinajstić information content (AvgIpc) is 3.22. The van der Waals surface area contributed by atoms with Crippen molar-refractivity contribution < 1.29 is 64.5 Å². The van der Waals surface area contributed by atoms with Gasteiger partial charge in [0.2, 0.25) is 0 Å². The molecule has 9 nitrogen and oxygen atoms in total. The van der Waals surface area contributed by atoms with Gasteiger partial charge in [-0.2, -0.15) is 0 Å². The molecule has 0 aromatic heterocycles. The number of hydrogen-bond acceptors (Lipinski definition) is 7. The van der Waals surface area contributed by atoms with Gasteiger partial charge in [-0.3, -0.25) is 14.5 Å². The molecule has 4 saturated heterocycles. The second kappa shape index (κ2) is 23.4. The van der Waals surface area contributed by atoms with Gasteiger partial charge in [0.1, 0.15) is 11.2 Å². The zero-order valence-electron chi connectivity index (χ0n) is 30.8. The van der Waals surface area contributed by atoms with E-state index in [2.05, 4.69) is 84.7 Å². The molecule has 0 spiro atoms. The van der Waals surface area contributed by atoms with Crippen molar-refractivity contribution in [2.45, 2.75) is 67.9 Å². The number of amides is 2. The molecule has 0 radical (unpaired) electrons. The Morgan fingerprint density at radius 2 is 1.21 bits per heavy atom. The number of likely N-dealkylation sites (tertiary alicyclic amines) is 3. The van der Waals surface area contributed by atoms with Crippen LogP contribution in [0.1, 0.15) is 70.8 Å². The third-order valence-corrected chi connectivity index (χ3v) is 10.8. The van der Waals surface area contributed by atoms with E-state index in [0.29, 0.717) is 32.3 Å². The number of rotatable bonds is 7. The Bertz CT molecular complexity index is 1840. The van der Waals surface area contributed by atoms with Gasteiger partial charge in [0.05, 0.1) is 50.0 Å². The maximum absolute atomic E-state index is 14.0. The summed E-state index contributed by atoms with van der Waals surface area (Å²) in [6.45, 7) is 1.43. The molecule has 0 saturated carbocycles. The minimum atomic E-state index is -1.69. The largest absolute Gasteiger partial charge is 0.394 e. The molecule has 0 aliphatic carbocycles. The minimum absolute atomic E-state index is 0.0433. The van der Waals surface area contributed by atoms with Crippen molar-refractivity contribution in [2.24, 2.45) is 0 Å². The zero-order chi connectivity index (χ0) is 42.8. The van der Waals surface area contributed by atoms with Gasteiger partial charge < -0.3 is 30.4 Å². The maximum Gasteiger partial charge on any atom is 0.257 e. The standard InChI is InChI=1S/C23H25F3N2O3.C15H17F3N2O2.I3.I2/c24-17-10-9-16(20(25)21(17)26)22(30)27-13-23(31,14-27)19-8-4-5-11-28(19)18(12-29)15-6-2-1-3-7-15;16-10-5-4-9(12(17)13(10)18)14(21)20-7-15(22,8-20)11-3-1-2-6-19-11;1-3-2;1-2/h1-3,6-7,9-10,18-19,29,31H,4-5,8,11-14H2;4-5,11,19,22H,1-3,6-8H2;;/q;;-1;/t18-,19+;11-;;/m10../s1. The summed E-state index contributed by atoms with van der Waals surface area (Å²) in [6.07, 6.45) is 5.40. The van der Waals surface area contributed by atoms with Gasteiger partial charge >= 0.3 is 50.5 Å². The Kier molecular flexibility index (Phi) is 20.2. The normalized spacial score (nSPS) is 21.4. The van der Waals surface area contributed by atoms with Crippen molar-refractivity contribution in [3.05, 3.63) is 106 Å². The van der Waals surface area contributed by atoms with E-state index in [1.165, 1.54) is 9.80 Å². The fourth-order valence-electron chi connectivity index (χ4n) is 7.96. The Morgan fingerprint density at radius 3 is 1.67 bits per heavy atom. The summed E-state index contributed by atoms with van der Waals surface area (Å²) < 4.78 is 80.5. The molecule has 3 aromatic rings. The number of β-amino-alcohol motifs (C(OH)–C–C–N with tert-alkyl or cyclic N) is 2. The minimum Gasteiger partial charge on any atom is -0.394 e. The molecular formula is C38H42F6I5N4O5-. The van der Waals surface area contributed by atoms with Crippen LogP contribution in [0.15, 0.2) is 54.6 Å². The Hall–Kier alpha value is -0.370. The molecule has 0 bridgehead atoms. The quantitative estimate of drug-likeness (QED) is 0.152. The number of nitrogens with one attached hydrogen (secondary N) is 1. The summed E-state index contributed by atoms with van der Waals surface area (Å²) in [5, 5.41) is 35.1. The monoisotopic (exact) mass is 1380 g/mol. The third kappa shape index (κ3) is 11.8. The maximum atomic E-state index is 14.0. The molecule has 4 aliphatic rings. The van der Waals surface area contributed by atoms with Crippen molar-refractivity contribution in [1.82, 2.24) is 20.0 Å². The second-order valence-corrected chi connectivity index (χ2v) is 30.6. The number of aliphatic hydroxyl groups is 3. The van der Waals surface area contributed by atoms with Gasteiger partial charge in [-0.1, -0.05) is 43.2 Å². The van der Waals surface area contributed by atoms with Crippen molar-refractivity contribution in [1.29, 1.82) is 0 Å². The van der Waals surface area contributed by atoms with Crippen LogP contribution >= 0.6 is 74.5 Å². The Morgan fingerprint density at radius 1 is 0.724 bits per heavy atom. The van der Waals surface area contributed by atoms with E-state index in [1.54, 1.807) is 0 Å². The topological polar surface area (TPSA) is 117 Å². The van der Waals surface area contributed by atoms with Crippen LogP contribution in [0.25, 0.3) is 0 Å². The summed E-state index contributed by atoms with van der Waals surface area (Å²) >= 11 is 9.54. The van der Waals surface area contributed by atoms with Crippen LogP contribution in [-0.4, -0.2) is 111 Å². The first-order valence-electron chi connectivity index (χ1n) is 18.2. The molecule has 4 fully saturated rings. The first-order chi connectivity index (χ1) is 27.7. The van der Waals surface area contributed by atoms with Crippen molar-refractivity contribution >= 4 is 86.3 Å². The Labute approximate surface area is 386 Å². The fourth-order valence-corrected chi connectivity index (χ4v) is 7.96. The van der Waals surface area contributed by atoms with Gasteiger partial charge in [0.15, 0.2) is 34.9 Å². The molecule has 3 aromatic carbocycles. The van der Waals surface area contributed by atoms with Gasteiger partial charge in [-0.05, 0) is 68.6 Å². The van der Waals surface area contributed by atoms with Crippen LogP contribution in [0.3, 0.4) is 0 Å². The van der Waals surface area contributed by atoms with E-state index in [1.807, 2.05) is 30.3 Å². The predicted molar refractivity (Wildman–Crippen MR) is 237 cm³/mol. The molecular weight excluding hydrogens is 1340 g/mol. The molecule has 322 valence electrons. The number of halogens is 11. The predicted octanol–water partition coefficient (Wildman–Crippen LogP) is 4.86. The summed E-state index contributed by atoms with van der Waals surface area (Å²) in [5.41, 5.74) is -2.40. The van der Waals surface area contributed by atoms with E-state index in [4.69, 9.17) is 0 Å². The van der Waals surface area contributed by atoms with E-state index in [-0.39, 0.29) is 50.9 Å². The molecule has 4 aliphatic heterocycles. The van der Waals surface area contributed by atoms with E-state index < -0.39 is 69.0 Å². The number of piperidine rings is 2. The van der Waals surface area contributed by atoms with Crippen molar-refractivity contribution in [3.8, 4) is 0 Å².